The van der Waals surface area contributed by atoms with Gasteiger partial charge in [0.1, 0.15) is 12.2 Å². The molecule has 8 aliphatic carbocycles. The molecule has 0 bridgehead atoms. The van der Waals surface area contributed by atoms with Crippen LogP contribution in [-0.2, 0) is 19.1 Å². The van der Waals surface area contributed by atoms with E-state index in [4.69, 9.17) is 18.3 Å². The van der Waals surface area contributed by atoms with Crippen LogP contribution in [0, 0.1) is 57.2 Å². The number of esters is 2. The molecule has 10 aliphatic rings. The third-order valence-electron chi connectivity index (χ3n) is 22.7. The van der Waals surface area contributed by atoms with Gasteiger partial charge in [-0.2, -0.15) is 23.5 Å². The normalized spacial score (nSPS) is 43.5. The first-order chi connectivity index (χ1) is 34.0. The Kier molecular flexibility index (Phi) is 13.4. The predicted molar refractivity (Wildman–Crippen MR) is 281 cm³/mol. The minimum absolute atomic E-state index is 0.239. The molecule has 8 nitrogen and oxygen atoms in total. The van der Waals surface area contributed by atoms with Crippen molar-refractivity contribution < 1.29 is 27.9 Å². The van der Waals surface area contributed by atoms with Crippen LogP contribution in [0.4, 0.5) is 0 Å². The lowest BCUT2D eigenvalue weighted by molar-refractivity contribution is -0.188. The van der Waals surface area contributed by atoms with Crippen LogP contribution in [0.25, 0.3) is 0 Å². The van der Waals surface area contributed by atoms with E-state index in [1.165, 1.54) is 126 Å². The monoisotopic (exact) mass is 993 g/mol. The third-order valence-corrected chi connectivity index (χ3v) is 25.1. The number of carbonyl (C=O) groups excluding carboxylic acids is 2. The first-order valence-corrected chi connectivity index (χ1v) is 30.6. The number of thioether (sulfide) groups is 2. The molecule has 10 heteroatoms. The van der Waals surface area contributed by atoms with Gasteiger partial charge in [-0.1, -0.05) is 51.0 Å². The minimum Gasteiger partial charge on any atom is -0.472 e. The maximum Gasteiger partial charge on any atom is 0.417 e. The van der Waals surface area contributed by atoms with E-state index in [9.17, 15) is 9.59 Å². The molecule has 2 aliphatic heterocycles. The Balaban J connectivity index is 0.800. The van der Waals surface area contributed by atoms with Crippen molar-refractivity contribution in [2.75, 3.05) is 50.8 Å². The summed E-state index contributed by atoms with van der Waals surface area (Å²) >= 11 is 4.08. The van der Waals surface area contributed by atoms with Crippen LogP contribution in [-0.4, -0.2) is 95.2 Å². The summed E-state index contributed by atoms with van der Waals surface area (Å²) in [5.41, 5.74) is 5.59. The Labute approximate surface area is 428 Å². The predicted octanol–water partition coefficient (Wildman–Crippen LogP) is 13.1. The van der Waals surface area contributed by atoms with Gasteiger partial charge in [0.15, 0.2) is 0 Å². The second kappa shape index (κ2) is 19.4. The molecule has 2 saturated heterocycles. The number of furan rings is 2. The van der Waals surface area contributed by atoms with E-state index in [1.54, 1.807) is 0 Å². The lowest BCUT2D eigenvalue weighted by atomic mass is 9.46. The summed E-state index contributed by atoms with van der Waals surface area (Å²) in [5.74, 6) is 4.96. The second-order valence-electron chi connectivity index (χ2n) is 25.4. The Morgan fingerprint density at radius 1 is 0.586 bits per heavy atom. The summed E-state index contributed by atoms with van der Waals surface area (Å²) in [7, 11) is 0. The fourth-order valence-corrected chi connectivity index (χ4v) is 21.6. The van der Waals surface area contributed by atoms with E-state index in [-0.39, 0.29) is 44.4 Å². The number of fused-ring (bicyclic) bond motifs is 10. The van der Waals surface area contributed by atoms with Crippen molar-refractivity contribution in [2.45, 2.75) is 178 Å². The van der Waals surface area contributed by atoms with Crippen LogP contribution in [0.1, 0.15) is 166 Å². The average Bonchev–Trinajstić information content (AvgIpc) is 4.22. The highest BCUT2D eigenvalue weighted by Crippen LogP contribution is 2.71. The van der Waals surface area contributed by atoms with E-state index >= 15 is 0 Å². The van der Waals surface area contributed by atoms with Gasteiger partial charge < -0.3 is 28.1 Å². The maximum absolute atomic E-state index is 14.9. The van der Waals surface area contributed by atoms with Crippen molar-refractivity contribution >= 4 is 35.5 Å². The van der Waals surface area contributed by atoms with Gasteiger partial charge in [-0.25, -0.2) is 9.59 Å². The van der Waals surface area contributed by atoms with E-state index in [2.05, 4.69) is 61.8 Å². The van der Waals surface area contributed by atoms with Gasteiger partial charge >= 0.3 is 11.9 Å². The van der Waals surface area contributed by atoms with Crippen LogP contribution in [0.3, 0.4) is 0 Å². The fraction of sp³-hybridized carbons (Fsp3) is 0.767. The highest BCUT2D eigenvalue weighted by atomic mass is 32.2. The molecule has 8 fully saturated rings. The number of ether oxygens (including phenoxy) is 2. The summed E-state index contributed by atoms with van der Waals surface area (Å²) < 4.78 is 25.0. The molecule has 0 aromatic carbocycles. The molecule has 2 aromatic heterocycles. The number of hydrogen-bond donors (Lipinski definition) is 0. The van der Waals surface area contributed by atoms with Gasteiger partial charge in [-0.05, 0) is 210 Å². The summed E-state index contributed by atoms with van der Waals surface area (Å²) in [6, 6.07) is 4.41. The molecular formula is C60H84N2O6S2. The van der Waals surface area contributed by atoms with Gasteiger partial charge in [0.05, 0.1) is 25.1 Å². The van der Waals surface area contributed by atoms with Crippen LogP contribution in [0.2, 0.25) is 0 Å². The molecule has 2 aromatic rings. The molecule has 0 N–H and O–H groups in total. The molecular weight excluding hydrogens is 909 g/mol. The smallest absolute Gasteiger partial charge is 0.417 e. The van der Waals surface area contributed by atoms with Gasteiger partial charge in [-0.15, -0.1) is 0 Å². The van der Waals surface area contributed by atoms with E-state index < -0.39 is 11.9 Å². The van der Waals surface area contributed by atoms with Crippen LogP contribution >= 0.6 is 23.5 Å². The van der Waals surface area contributed by atoms with Crippen molar-refractivity contribution in [3.8, 4) is 0 Å². The fourth-order valence-electron chi connectivity index (χ4n) is 19.1. The van der Waals surface area contributed by atoms with Crippen LogP contribution in [0.5, 0.6) is 0 Å². The lowest BCUT2D eigenvalue weighted by Crippen LogP contribution is -2.57. The quantitative estimate of drug-likeness (QED) is 0.116. The maximum atomic E-state index is 14.9. The zero-order chi connectivity index (χ0) is 47.8. The Morgan fingerprint density at radius 2 is 1.01 bits per heavy atom. The molecule has 16 atom stereocenters. The van der Waals surface area contributed by atoms with Crippen molar-refractivity contribution in [2.24, 2.45) is 57.2 Å². The Hall–Kier alpha value is -2.40. The average molecular weight is 993 g/mol. The molecule has 12 rings (SSSR count). The summed E-state index contributed by atoms with van der Waals surface area (Å²) in [6.45, 7) is 17.1. The van der Waals surface area contributed by atoms with E-state index in [0.717, 1.165) is 63.1 Å². The molecule has 0 amide bonds. The van der Waals surface area contributed by atoms with Crippen LogP contribution < -0.4 is 0 Å². The van der Waals surface area contributed by atoms with Crippen LogP contribution in [0.15, 0.2) is 69.3 Å². The van der Waals surface area contributed by atoms with Crippen molar-refractivity contribution in [1.82, 2.24) is 9.80 Å². The summed E-state index contributed by atoms with van der Waals surface area (Å²) in [6.07, 6.45) is 33.0. The highest BCUT2D eigenvalue weighted by Gasteiger charge is 2.64. The number of hydrogen-bond acceptors (Lipinski definition) is 10. The molecule has 70 heavy (non-hydrogen) atoms. The first-order valence-electron chi connectivity index (χ1n) is 28.5. The molecule has 382 valence electrons. The molecule has 6 saturated carbocycles. The van der Waals surface area contributed by atoms with E-state index in [1.807, 2.05) is 48.6 Å². The highest BCUT2D eigenvalue weighted by molar-refractivity contribution is 8.00. The number of likely N-dealkylation sites (tertiary alicyclic amines) is 2. The Morgan fingerprint density at radius 3 is 1.41 bits per heavy atom. The largest absolute Gasteiger partial charge is 0.472 e. The second-order valence-corrected chi connectivity index (χ2v) is 28.1. The molecule has 0 radical (unpaired) electrons. The number of carbonyl (C=O) groups is 2. The third kappa shape index (κ3) is 8.30. The van der Waals surface area contributed by atoms with E-state index in [0.29, 0.717) is 47.3 Å². The molecule has 0 spiro atoms. The standard InChI is InChI=1S/C60H84N2O6S2/c1-57-21-17-51-45(49(57)15-13-47(57)39-19-29-65-37-39)11-9-41-33-43(69-31-27-61-23-5-6-24-61)35-53(59(41,51)3)67-55(63)56(64)68-54-36-44(70-32-28-62-25-7-8-26-62)34-42-10-12-46-50-16-14-48(40-20-30-66-38-40)58(50,2)22-18-52(46)60(42,54)4/h19-20,29-30,33-34,37-38,43-54H,5-18,21-28,31-32,35-36H2,1-4H3/t43?,44?,45-,46-,47?,48?,49-,50-,51+,52+,53?,54?,57+,58+,59-,60-/m0/s1. The number of rotatable bonds is 12. The Bertz CT molecular complexity index is 2090. The topological polar surface area (TPSA) is 85.4 Å². The zero-order valence-corrected chi connectivity index (χ0v) is 44.7. The minimum atomic E-state index is -0.753. The molecule has 4 heterocycles. The van der Waals surface area contributed by atoms with Gasteiger partial charge in [0.25, 0.3) is 0 Å². The van der Waals surface area contributed by atoms with Crippen molar-refractivity contribution in [1.29, 1.82) is 0 Å². The summed E-state index contributed by atoms with van der Waals surface area (Å²) in [5, 5.41) is 0.537. The van der Waals surface area contributed by atoms with Gasteiger partial charge in [0, 0.05) is 58.8 Å². The van der Waals surface area contributed by atoms with Gasteiger partial charge in [-0.3, -0.25) is 0 Å². The van der Waals surface area contributed by atoms with Gasteiger partial charge in [0.2, 0.25) is 0 Å². The first kappa shape index (κ1) is 48.5. The lowest BCUT2D eigenvalue weighted by Gasteiger charge is -2.60. The van der Waals surface area contributed by atoms with Crippen molar-refractivity contribution in [3.05, 3.63) is 71.6 Å². The zero-order valence-electron chi connectivity index (χ0n) is 43.1. The molecule has 6 unspecified atom stereocenters. The van der Waals surface area contributed by atoms with Crippen molar-refractivity contribution in [3.63, 3.8) is 0 Å². The SMILES string of the molecule is C[C@]12CC[C@@H]3[C@@H](CCC4=CC(SCCN5CCCC5)CC(OC(=O)C(=O)OC5CC(SCCN6CCCC6)C=C6CC[C@@H]7[C@@H](CC[C@]8(C)C(c9ccoc9)CC[C@@H]78)[C@]65C)[C@@]43C)[C@@H]1CCC2c1ccoc1. The summed E-state index contributed by atoms with van der Waals surface area (Å²) in [4.78, 5) is 35.0. The number of nitrogens with zero attached hydrogens (tertiary/aromatic N) is 2.